The van der Waals surface area contributed by atoms with Crippen molar-refractivity contribution in [2.45, 2.75) is 32.3 Å². The average Bonchev–Trinajstić information content (AvgIpc) is 2.51. The van der Waals surface area contributed by atoms with Crippen molar-refractivity contribution in [2.24, 2.45) is 5.41 Å². The second-order valence-corrected chi connectivity index (χ2v) is 4.86. The molecule has 0 saturated heterocycles. The Hall–Kier alpha value is -1.02. The molecule has 0 aliphatic rings. The summed E-state index contributed by atoms with van der Waals surface area (Å²) in [7, 11) is 0. The minimum absolute atomic E-state index is 0.252. The molecule has 1 N–H and O–H groups in total. The summed E-state index contributed by atoms with van der Waals surface area (Å²) in [6, 6.07) is 2.27. The highest BCUT2D eigenvalue weighted by molar-refractivity contribution is 7.99. The van der Waals surface area contributed by atoms with E-state index in [1.54, 1.807) is 11.8 Å². The molecule has 0 aliphatic heterocycles. The first-order valence-corrected chi connectivity index (χ1v) is 5.45. The van der Waals surface area contributed by atoms with Gasteiger partial charge in [-0.1, -0.05) is 11.8 Å². The zero-order chi connectivity index (χ0) is 10.6. The number of nitrogens with zero attached hydrogens (tertiary/aromatic N) is 3. The van der Waals surface area contributed by atoms with E-state index in [1.165, 1.54) is 0 Å². The Morgan fingerprint density at radius 3 is 2.79 bits per heavy atom. The van der Waals surface area contributed by atoms with Crippen molar-refractivity contribution in [3.63, 3.8) is 0 Å². The van der Waals surface area contributed by atoms with Crippen LogP contribution in [-0.4, -0.2) is 20.9 Å². The summed E-state index contributed by atoms with van der Waals surface area (Å²) in [6.45, 7) is 5.75. The molecule has 0 spiro atoms. The zero-order valence-corrected chi connectivity index (χ0v) is 9.48. The lowest BCUT2D eigenvalue weighted by Gasteiger charge is -2.12. The van der Waals surface area contributed by atoms with Gasteiger partial charge in [-0.15, -0.1) is 5.10 Å². The number of rotatable bonds is 4. The van der Waals surface area contributed by atoms with Crippen LogP contribution in [0, 0.1) is 23.7 Å². The van der Waals surface area contributed by atoms with Crippen molar-refractivity contribution < 1.29 is 0 Å². The zero-order valence-electron chi connectivity index (χ0n) is 8.66. The molecule has 0 amide bonds. The molecule has 4 nitrogen and oxygen atoms in total. The molecule has 0 bridgehead atoms. The van der Waals surface area contributed by atoms with Crippen LogP contribution >= 0.6 is 11.8 Å². The van der Waals surface area contributed by atoms with Crippen molar-refractivity contribution in [3.8, 4) is 6.07 Å². The fourth-order valence-electron chi connectivity index (χ4n) is 0.840. The fraction of sp³-hybridized carbons (Fsp3) is 0.667. The van der Waals surface area contributed by atoms with Gasteiger partial charge in [-0.2, -0.15) is 5.26 Å². The van der Waals surface area contributed by atoms with Crippen LogP contribution in [0.2, 0.25) is 0 Å². The van der Waals surface area contributed by atoms with Crippen LogP contribution in [0.4, 0.5) is 0 Å². The maximum Gasteiger partial charge on any atom is 0.208 e. The minimum atomic E-state index is -0.252. The molecule has 1 rings (SSSR count). The van der Waals surface area contributed by atoms with Gasteiger partial charge in [0.15, 0.2) is 0 Å². The van der Waals surface area contributed by atoms with Crippen LogP contribution in [0.5, 0.6) is 0 Å². The number of hydrogen-bond acceptors (Lipinski definition) is 4. The lowest BCUT2D eigenvalue weighted by Crippen LogP contribution is -2.08. The molecule has 76 valence electrons. The number of aryl methyl sites for hydroxylation is 1. The molecule has 1 aromatic heterocycles. The van der Waals surface area contributed by atoms with E-state index in [-0.39, 0.29) is 5.41 Å². The van der Waals surface area contributed by atoms with Crippen molar-refractivity contribution in [1.82, 2.24) is 15.2 Å². The highest BCUT2D eigenvalue weighted by atomic mass is 32.2. The van der Waals surface area contributed by atoms with Gasteiger partial charge in [0.2, 0.25) is 5.16 Å². The Morgan fingerprint density at radius 1 is 1.57 bits per heavy atom. The maximum atomic E-state index is 8.80. The first-order valence-electron chi connectivity index (χ1n) is 4.46. The topological polar surface area (TPSA) is 65.4 Å². The van der Waals surface area contributed by atoms with Crippen LogP contribution in [0.1, 0.15) is 26.1 Å². The third-order valence-corrected chi connectivity index (χ3v) is 2.69. The lowest BCUT2D eigenvalue weighted by molar-refractivity contribution is 0.482. The first-order chi connectivity index (χ1) is 6.53. The Morgan fingerprint density at radius 2 is 2.29 bits per heavy atom. The van der Waals surface area contributed by atoms with Gasteiger partial charge >= 0.3 is 0 Å². The molecule has 0 saturated carbocycles. The van der Waals surface area contributed by atoms with E-state index < -0.39 is 0 Å². The molecule has 0 unspecified atom stereocenters. The van der Waals surface area contributed by atoms with Crippen molar-refractivity contribution >= 4 is 11.8 Å². The number of aromatic nitrogens is 3. The molecule has 1 heterocycles. The highest BCUT2D eigenvalue weighted by Gasteiger charge is 2.16. The van der Waals surface area contributed by atoms with Crippen molar-refractivity contribution in [2.75, 3.05) is 5.75 Å². The largest absolute Gasteiger partial charge is 0.262 e. The summed E-state index contributed by atoms with van der Waals surface area (Å²) < 4.78 is 0. The SMILES string of the molecule is Cc1nc(SCCC(C)(C)C#N)n[nH]1. The molecule has 0 aromatic carbocycles. The maximum absolute atomic E-state index is 8.80. The smallest absolute Gasteiger partial charge is 0.208 e. The van der Waals surface area contributed by atoms with E-state index in [0.717, 1.165) is 23.2 Å². The first kappa shape index (κ1) is 11.1. The summed E-state index contributed by atoms with van der Waals surface area (Å²) in [4.78, 5) is 4.17. The predicted molar refractivity (Wildman–Crippen MR) is 55.9 cm³/mol. The number of aromatic amines is 1. The summed E-state index contributed by atoms with van der Waals surface area (Å²) >= 11 is 1.58. The fourth-order valence-corrected chi connectivity index (χ4v) is 1.95. The van der Waals surface area contributed by atoms with Gasteiger partial charge in [-0.05, 0) is 27.2 Å². The van der Waals surface area contributed by atoms with Gasteiger partial charge in [0, 0.05) is 5.75 Å². The molecule has 1 aromatic rings. The molecule has 0 fully saturated rings. The molecular formula is C9H14N4S. The third kappa shape index (κ3) is 3.38. The van der Waals surface area contributed by atoms with Gasteiger partial charge in [0.1, 0.15) is 5.82 Å². The van der Waals surface area contributed by atoms with E-state index in [4.69, 9.17) is 5.26 Å². The average molecular weight is 210 g/mol. The van der Waals surface area contributed by atoms with Crippen LogP contribution in [0.25, 0.3) is 0 Å². The van der Waals surface area contributed by atoms with E-state index >= 15 is 0 Å². The standard InChI is InChI=1S/C9H14N4S/c1-7-11-8(13-12-7)14-5-4-9(2,3)6-10/h4-5H2,1-3H3,(H,11,12,13). The lowest BCUT2D eigenvalue weighted by atomic mass is 9.93. The number of H-pyrrole nitrogens is 1. The van der Waals surface area contributed by atoms with Crippen molar-refractivity contribution in [1.29, 1.82) is 5.26 Å². The number of hydrogen-bond donors (Lipinski definition) is 1. The Kier molecular flexibility index (Phi) is 3.53. The second kappa shape index (κ2) is 4.47. The molecule has 0 aliphatic carbocycles. The second-order valence-electron chi connectivity index (χ2n) is 3.80. The van der Waals surface area contributed by atoms with Crippen molar-refractivity contribution in [3.05, 3.63) is 5.82 Å². The molecule has 14 heavy (non-hydrogen) atoms. The van der Waals surface area contributed by atoms with Crippen LogP contribution in [0.15, 0.2) is 5.16 Å². The van der Waals surface area contributed by atoms with Gasteiger partial charge in [0.05, 0.1) is 11.5 Å². The van der Waals surface area contributed by atoms with Gasteiger partial charge < -0.3 is 0 Å². The number of nitriles is 1. The Labute approximate surface area is 88.1 Å². The van der Waals surface area contributed by atoms with Gasteiger partial charge in [-0.25, -0.2) is 4.98 Å². The van der Waals surface area contributed by atoms with Crippen LogP contribution < -0.4 is 0 Å². The molecule has 5 heteroatoms. The minimum Gasteiger partial charge on any atom is -0.262 e. The summed E-state index contributed by atoms with van der Waals surface area (Å²) in [5.74, 6) is 1.70. The van der Waals surface area contributed by atoms with E-state index in [2.05, 4.69) is 21.3 Å². The quantitative estimate of drug-likeness (QED) is 0.773. The summed E-state index contributed by atoms with van der Waals surface area (Å²) in [5, 5.41) is 16.3. The highest BCUT2D eigenvalue weighted by Crippen LogP contribution is 2.23. The summed E-state index contributed by atoms with van der Waals surface area (Å²) in [6.07, 6.45) is 0.849. The normalized spacial score (nSPS) is 11.3. The van der Waals surface area contributed by atoms with Gasteiger partial charge in [-0.3, -0.25) is 5.10 Å². The van der Waals surface area contributed by atoms with E-state index in [9.17, 15) is 0 Å². The molecular weight excluding hydrogens is 196 g/mol. The number of thioether (sulfide) groups is 1. The monoisotopic (exact) mass is 210 g/mol. The molecule has 0 radical (unpaired) electrons. The van der Waals surface area contributed by atoms with E-state index in [1.807, 2.05) is 20.8 Å². The van der Waals surface area contributed by atoms with Gasteiger partial charge in [0.25, 0.3) is 0 Å². The molecule has 0 atom stereocenters. The van der Waals surface area contributed by atoms with Crippen LogP contribution in [-0.2, 0) is 0 Å². The Bertz CT molecular complexity index is 337. The summed E-state index contributed by atoms with van der Waals surface area (Å²) in [5.41, 5.74) is -0.252. The third-order valence-electron chi connectivity index (χ3n) is 1.84. The Balaban J connectivity index is 2.33. The number of nitrogens with one attached hydrogen (secondary N) is 1. The van der Waals surface area contributed by atoms with Crippen LogP contribution in [0.3, 0.4) is 0 Å². The predicted octanol–water partition coefficient (Wildman–Crippen LogP) is 2.15. The van der Waals surface area contributed by atoms with E-state index in [0.29, 0.717) is 0 Å².